The molecule has 0 spiro atoms. The summed E-state index contributed by atoms with van der Waals surface area (Å²) in [7, 11) is 0. The van der Waals surface area contributed by atoms with Crippen LogP contribution in [0.1, 0.15) is 18.1 Å². The van der Waals surface area contributed by atoms with E-state index in [-0.39, 0.29) is 19.0 Å². The van der Waals surface area contributed by atoms with E-state index in [1.54, 1.807) is 10.9 Å². The third kappa shape index (κ3) is 4.63. The number of ether oxygens (including phenoxy) is 1. The molecule has 0 aliphatic heterocycles. The zero-order chi connectivity index (χ0) is 14.4. The van der Waals surface area contributed by atoms with Gasteiger partial charge in [-0.2, -0.15) is 5.10 Å². The van der Waals surface area contributed by atoms with E-state index < -0.39 is 6.67 Å². The molecule has 0 radical (unpaired) electrons. The first kappa shape index (κ1) is 17.3. The van der Waals surface area contributed by atoms with Crippen molar-refractivity contribution in [2.75, 3.05) is 18.6 Å². The molecule has 0 saturated heterocycles. The Bertz CT molecular complexity index is 542. The number of alkyl halides is 1. The molecule has 1 N–H and O–H groups in total. The van der Waals surface area contributed by atoms with Gasteiger partial charge < -0.3 is 10.1 Å². The molecule has 0 saturated carbocycles. The number of hydrogen-bond donors (Lipinski definition) is 1. The number of halogens is 2. The smallest absolute Gasteiger partial charge is 0.127 e. The van der Waals surface area contributed by atoms with Crippen LogP contribution in [0.4, 0.5) is 10.2 Å². The number of nitrogens with zero attached hydrogens (tertiary/aromatic N) is 2. The van der Waals surface area contributed by atoms with Gasteiger partial charge in [-0.1, -0.05) is 12.1 Å². The monoisotopic (exact) mass is 313 g/mol. The maximum absolute atomic E-state index is 12.4. The lowest BCUT2D eigenvalue weighted by atomic mass is 10.2. The van der Waals surface area contributed by atoms with E-state index in [9.17, 15) is 4.39 Å². The first-order valence-corrected chi connectivity index (χ1v) is 6.78. The molecule has 0 amide bonds. The predicted molar refractivity (Wildman–Crippen MR) is 85.1 cm³/mol. The molecule has 21 heavy (non-hydrogen) atoms. The summed E-state index contributed by atoms with van der Waals surface area (Å²) in [5.74, 6) is 1.74. The highest BCUT2D eigenvalue weighted by Gasteiger charge is 2.06. The van der Waals surface area contributed by atoms with Crippen LogP contribution in [0.25, 0.3) is 0 Å². The van der Waals surface area contributed by atoms with Gasteiger partial charge in [-0.05, 0) is 31.5 Å². The molecule has 2 aromatic rings. The van der Waals surface area contributed by atoms with Crippen LogP contribution in [-0.2, 0) is 13.1 Å². The van der Waals surface area contributed by atoms with Gasteiger partial charge in [0.2, 0.25) is 0 Å². The maximum Gasteiger partial charge on any atom is 0.127 e. The highest BCUT2D eigenvalue weighted by atomic mass is 35.5. The number of aromatic nitrogens is 2. The Morgan fingerprint density at radius 2 is 2.00 bits per heavy atom. The summed E-state index contributed by atoms with van der Waals surface area (Å²) in [5, 5.41) is 7.46. The quantitative estimate of drug-likeness (QED) is 0.849. The number of hydrogen-bond acceptors (Lipinski definition) is 3. The fraction of sp³-hybridized carbons (Fsp3) is 0.400. The van der Waals surface area contributed by atoms with E-state index in [4.69, 9.17) is 4.74 Å². The second-order valence-corrected chi connectivity index (χ2v) is 4.52. The van der Waals surface area contributed by atoms with Crippen LogP contribution < -0.4 is 10.1 Å². The highest BCUT2D eigenvalue weighted by molar-refractivity contribution is 5.85. The molecular formula is C15H21ClFN3O. The van der Waals surface area contributed by atoms with Gasteiger partial charge in [0.05, 0.1) is 19.3 Å². The molecule has 1 aromatic heterocycles. The molecule has 0 bridgehead atoms. The van der Waals surface area contributed by atoms with Crippen molar-refractivity contribution >= 4 is 18.2 Å². The zero-order valence-corrected chi connectivity index (χ0v) is 13.1. The van der Waals surface area contributed by atoms with Crippen molar-refractivity contribution in [1.82, 2.24) is 9.78 Å². The van der Waals surface area contributed by atoms with E-state index in [0.717, 1.165) is 22.7 Å². The van der Waals surface area contributed by atoms with E-state index in [1.165, 1.54) is 0 Å². The Kier molecular flexibility index (Phi) is 7.02. The van der Waals surface area contributed by atoms with Crippen LogP contribution in [0.3, 0.4) is 0 Å². The lowest BCUT2D eigenvalue weighted by Crippen LogP contribution is -2.09. The van der Waals surface area contributed by atoms with Crippen molar-refractivity contribution in [3.8, 4) is 5.75 Å². The van der Waals surface area contributed by atoms with Crippen LogP contribution in [0, 0.1) is 6.92 Å². The third-order valence-corrected chi connectivity index (χ3v) is 3.01. The number of benzene rings is 1. The van der Waals surface area contributed by atoms with Gasteiger partial charge in [-0.25, -0.2) is 9.07 Å². The molecule has 0 atom stereocenters. The Morgan fingerprint density at radius 1 is 1.29 bits per heavy atom. The van der Waals surface area contributed by atoms with E-state index in [2.05, 4.69) is 10.4 Å². The summed E-state index contributed by atoms with van der Waals surface area (Å²) in [4.78, 5) is 0. The van der Waals surface area contributed by atoms with Crippen molar-refractivity contribution in [3.05, 3.63) is 41.6 Å². The average molecular weight is 314 g/mol. The molecule has 0 aliphatic rings. The number of anilines is 1. The second kappa shape index (κ2) is 8.52. The predicted octanol–water partition coefficient (Wildman–Crippen LogP) is 3.59. The standard InChI is InChI=1S/C15H20FN3O.ClH/c1-3-20-14-6-4-13(5-7-14)11-17-15-12(2)10-18-19(15)9-8-16;/h4-7,10,17H,3,8-9,11H2,1-2H3;1H. The van der Waals surface area contributed by atoms with Gasteiger partial charge in [0, 0.05) is 12.1 Å². The van der Waals surface area contributed by atoms with Crippen molar-refractivity contribution in [2.24, 2.45) is 0 Å². The Hall–Kier alpha value is -1.75. The second-order valence-electron chi connectivity index (χ2n) is 4.52. The lowest BCUT2D eigenvalue weighted by molar-refractivity contribution is 0.340. The molecule has 0 aliphatic carbocycles. The van der Waals surface area contributed by atoms with Crippen molar-refractivity contribution in [3.63, 3.8) is 0 Å². The van der Waals surface area contributed by atoms with Crippen LogP contribution in [0.5, 0.6) is 5.75 Å². The van der Waals surface area contributed by atoms with Gasteiger partial charge in [0.25, 0.3) is 0 Å². The maximum atomic E-state index is 12.4. The molecule has 116 valence electrons. The minimum Gasteiger partial charge on any atom is -0.494 e. The van der Waals surface area contributed by atoms with Gasteiger partial charge >= 0.3 is 0 Å². The summed E-state index contributed by atoms with van der Waals surface area (Å²) >= 11 is 0. The molecular weight excluding hydrogens is 293 g/mol. The first-order chi connectivity index (χ1) is 9.74. The fourth-order valence-corrected chi connectivity index (χ4v) is 2.01. The summed E-state index contributed by atoms with van der Waals surface area (Å²) < 4.78 is 19.5. The van der Waals surface area contributed by atoms with Gasteiger partial charge in [-0.15, -0.1) is 12.4 Å². The normalized spacial score (nSPS) is 10.0. The third-order valence-electron chi connectivity index (χ3n) is 3.01. The molecule has 6 heteroatoms. The van der Waals surface area contributed by atoms with Crippen LogP contribution >= 0.6 is 12.4 Å². The van der Waals surface area contributed by atoms with Crippen LogP contribution in [0.2, 0.25) is 0 Å². The lowest BCUT2D eigenvalue weighted by Gasteiger charge is -2.10. The van der Waals surface area contributed by atoms with Gasteiger partial charge in [0.15, 0.2) is 0 Å². The number of nitrogens with one attached hydrogen (secondary N) is 1. The van der Waals surface area contributed by atoms with Crippen molar-refractivity contribution < 1.29 is 9.13 Å². The zero-order valence-electron chi connectivity index (χ0n) is 12.3. The first-order valence-electron chi connectivity index (χ1n) is 6.78. The van der Waals surface area contributed by atoms with Crippen molar-refractivity contribution in [1.29, 1.82) is 0 Å². The fourth-order valence-electron chi connectivity index (χ4n) is 2.01. The Morgan fingerprint density at radius 3 is 2.62 bits per heavy atom. The van der Waals surface area contributed by atoms with Gasteiger partial charge in [0.1, 0.15) is 18.2 Å². The minimum absolute atomic E-state index is 0. The van der Waals surface area contributed by atoms with Crippen LogP contribution in [-0.4, -0.2) is 23.1 Å². The summed E-state index contributed by atoms with van der Waals surface area (Å²) in [6.07, 6.45) is 1.75. The molecule has 0 fully saturated rings. The Labute approximate surface area is 130 Å². The molecule has 1 aromatic carbocycles. The molecule has 4 nitrogen and oxygen atoms in total. The molecule has 0 unspecified atom stereocenters. The summed E-state index contributed by atoms with van der Waals surface area (Å²) in [6.45, 7) is 5.12. The van der Waals surface area contributed by atoms with E-state index in [1.807, 2.05) is 38.1 Å². The van der Waals surface area contributed by atoms with E-state index >= 15 is 0 Å². The topological polar surface area (TPSA) is 39.1 Å². The van der Waals surface area contributed by atoms with E-state index in [0.29, 0.717) is 13.2 Å². The molecule has 2 rings (SSSR count). The van der Waals surface area contributed by atoms with Gasteiger partial charge in [-0.3, -0.25) is 0 Å². The number of aryl methyl sites for hydroxylation is 2. The SMILES string of the molecule is CCOc1ccc(CNc2c(C)cnn2CCF)cc1.Cl. The number of rotatable bonds is 7. The largest absolute Gasteiger partial charge is 0.494 e. The average Bonchev–Trinajstić information content (AvgIpc) is 2.80. The van der Waals surface area contributed by atoms with Crippen molar-refractivity contribution in [2.45, 2.75) is 26.9 Å². The summed E-state index contributed by atoms with van der Waals surface area (Å²) in [5.41, 5.74) is 2.16. The molecule has 1 heterocycles. The Balaban J connectivity index is 0.00000220. The minimum atomic E-state index is -0.418. The summed E-state index contributed by atoms with van der Waals surface area (Å²) in [6, 6.07) is 7.94. The highest BCUT2D eigenvalue weighted by Crippen LogP contribution is 2.17. The van der Waals surface area contributed by atoms with Crippen LogP contribution in [0.15, 0.2) is 30.5 Å².